The molecule has 2 heteroatoms. The molecule has 2 nitrogen and oxygen atoms in total. The number of fused-ring (bicyclic) bond motifs is 1. The summed E-state index contributed by atoms with van der Waals surface area (Å²) >= 11 is 0. The van der Waals surface area contributed by atoms with Gasteiger partial charge >= 0.3 is 0 Å². The van der Waals surface area contributed by atoms with Crippen molar-refractivity contribution >= 4 is 23.2 Å². The molecule has 0 radical (unpaired) electrons. The van der Waals surface area contributed by atoms with E-state index in [0.717, 1.165) is 24.2 Å². The molecule has 27 heavy (non-hydrogen) atoms. The molecule has 0 atom stereocenters. The van der Waals surface area contributed by atoms with Crippen molar-refractivity contribution in [3.05, 3.63) is 65.2 Å². The van der Waals surface area contributed by atoms with E-state index < -0.39 is 0 Å². The molecule has 0 bridgehead atoms. The highest BCUT2D eigenvalue weighted by atomic mass is 15.2. The molecule has 0 N–H and O–H groups in total. The molecule has 0 saturated carbocycles. The lowest BCUT2D eigenvalue weighted by Gasteiger charge is -2.43. The number of allylic oxidation sites excluding steroid dienone is 1. The van der Waals surface area contributed by atoms with Gasteiger partial charge in [0.1, 0.15) is 0 Å². The van der Waals surface area contributed by atoms with Gasteiger partial charge in [0.05, 0.1) is 11.2 Å². The summed E-state index contributed by atoms with van der Waals surface area (Å²) in [6.07, 6.45) is 5.50. The summed E-state index contributed by atoms with van der Waals surface area (Å²) in [6, 6.07) is 15.2. The Balaban J connectivity index is 1.88. The van der Waals surface area contributed by atoms with Gasteiger partial charge in [-0.2, -0.15) is 0 Å². The highest BCUT2D eigenvalue weighted by molar-refractivity contribution is 5.88. The van der Waals surface area contributed by atoms with Crippen LogP contribution in [0.1, 0.15) is 70.6 Å². The summed E-state index contributed by atoms with van der Waals surface area (Å²) in [7, 11) is 0. The van der Waals surface area contributed by atoms with Crippen LogP contribution < -0.4 is 4.90 Å². The van der Waals surface area contributed by atoms with E-state index in [1.807, 2.05) is 6.21 Å². The fourth-order valence-electron chi connectivity index (χ4n) is 3.91. The normalized spacial score (nSPS) is 16.0. The van der Waals surface area contributed by atoms with Crippen LogP contribution in [0.4, 0.5) is 11.4 Å². The number of anilines is 1. The minimum absolute atomic E-state index is 0.0564. The Morgan fingerprint density at radius 2 is 1.78 bits per heavy atom. The van der Waals surface area contributed by atoms with Crippen molar-refractivity contribution in [3.63, 3.8) is 0 Å². The molecule has 0 unspecified atom stereocenters. The summed E-state index contributed by atoms with van der Waals surface area (Å²) in [5, 5.41) is 0. The molecular formula is C25H32N2. The minimum atomic E-state index is 0.0564. The van der Waals surface area contributed by atoms with E-state index in [1.54, 1.807) is 0 Å². The first-order valence-electron chi connectivity index (χ1n) is 10.1. The Morgan fingerprint density at radius 3 is 2.41 bits per heavy atom. The van der Waals surface area contributed by atoms with Gasteiger partial charge in [-0.15, -0.1) is 0 Å². The molecule has 142 valence electrons. The van der Waals surface area contributed by atoms with E-state index in [1.165, 1.54) is 22.4 Å². The van der Waals surface area contributed by atoms with Crippen molar-refractivity contribution in [1.82, 2.24) is 0 Å². The van der Waals surface area contributed by atoms with Crippen LogP contribution in [0.25, 0.3) is 5.57 Å². The summed E-state index contributed by atoms with van der Waals surface area (Å²) in [5.74, 6) is 0.550. The molecule has 0 saturated heterocycles. The SMILES string of the molecule is CCCN1c2ccc(C=Nc3ccc(C(C)C)cc3)cc2C(C)=CC1(C)C. The molecule has 0 aromatic heterocycles. The van der Waals surface area contributed by atoms with Gasteiger partial charge in [-0.1, -0.05) is 45.0 Å². The molecule has 3 rings (SSSR count). The molecule has 1 aliphatic heterocycles. The number of rotatable bonds is 5. The fourth-order valence-corrected chi connectivity index (χ4v) is 3.91. The van der Waals surface area contributed by atoms with Crippen LogP contribution in [0.3, 0.4) is 0 Å². The van der Waals surface area contributed by atoms with Gasteiger partial charge in [-0.3, -0.25) is 4.99 Å². The van der Waals surface area contributed by atoms with Gasteiger partial charge in [0.15, 0.2) is 0 Å². The Morgan fingerprint density at radius 1 is 1.07 bits per heavy atom. The number of hydrogen-bond acceptors (Lipinski definition) is 2. The van der Waals surface area contributed by atoms with Crippen LogP contribution in [-0.2, 0) is 0 Å². The van der Waals surface area contributed by atoms with E-state index in [9.17, 15) is 0 Å². The Hall–Kier alpha value is -2.35. The highest BCUT2D eigenvalue weighted by Gasteiger charge is 2.30. The average molecular weight is 361 g/mol. The summed E-state index contributed by atoms with van der Waals surface area (Å²) in [5.41, 5.74) is 7.55. The van der Waals surface area contributed by atoms with E-state index >= 15 is 0 Å². The van der Waals surface area contributed by atoms with Crippen LogP contribution in [-0.4, -0.2) is 18.3 Å². The Labute approximate surface area is 164 Å². The van der Waals surface area contributed by atoms with Crippen molar-refractivity contribution in [3.8, 4) is 0 Å². The third kappa shape index (κ3) is 4.16. The predicted molar refractivity (Wildman–Crippen MR) is 120 cm³/mol. The predicted octanol–water partition coefficient (Wildman–Crippen LogP) is 6.97. The number of nitrogens with zero attached hydrogens (tertiary/aromatic N) is 2. The van der Waals surface area contributed by atoms with Gasteiger partial charge in [0, 0.05) is 24.0 Å². The first-order valence-corrected chi connectivity index (χ1v) is 10.1. The molecule has 2 aromatic rings. The second-order valence-electron chi connectivity index (χ2n) is 8.41. The number of benzene rings is 2. The van der Waals surface area contributed by atoms with Crippen molar-refractivity contribution < 1.29 is 0 Å². The van der Waals surface area contributed by atoms with Gasteiger partial charge in [-0.05, 0) is 74.1 Å². The minimum Gasteiger partial charge on any atom is -0.362 e. The van der Waals surface area contributed by atoms with Crippen LogP contribution in [0.15, 0.2) is 53.5 Å². The molecule has 0 aliphatic carbocycles. The van der Waals surface area contributed by atoms with Gasteiger partial charge < -0.3 is 4.90 Å². The van der Waals surface area contributed by atoms with Crippen molar-refractivity contribution in [1.29, 1.82) is 0 Å². The van der Waals surface area contributed by atoms with Gasteiger partial charge in [0.2, 0.25) is 0 Å². The van der Waals surface area contributed by atoms with Crippen LogP contribution in [0, 0.1) is 0 Å². The number of aliphatic imine (C=N–C) groups is 1. The topological polar surface area (TPSA) is 15.6 Å². The average Bonchev–Trinajstić information content (AvgIpc) is 2.63. The molecule has 1 heterocycles. The maximum atomic E-state index is 4.68. The van der Waals surface area contributed by atoms with Gasteiger partial charge in [0.25, 0.3) is 0 Å². The molecule has 0 amide bonds. The van der Waals surface area contributed by atoms with Crippen LogP contribution in [0.5, 0.6) is 0 Å². The van der Waals surface area contributed by atoms with Crippen molar-refractivity contribution in [2.75, 3.05) is 11.4 Å². The maximum Gasteiger partial charge on any atom is 0.0630 e. The standard InChI is InChI=1S/C25H32N2/c1-7-14-27-24-13-8-20(15-23(24)19(4)16-25(27,5)6)17-26-22-11-9-21(10-12-22)18(2)3/h8-13,15-18H,7,14H2,1-6H3. The summed E-state index contributed by atoms with van der Waals surface area (Å²) < 4.78 is 0. The van der Waals surface area contributed by atoms with Gasteiger partial charge in [-0.25, -0.2) is 0 Å². The number of hydrogen-bond donors (Lipinski definition) is 0. The lowest BCUT2D eigenvalue weighted by Crippen LogP contribution is -2.45. The van der Waals surface area contributed by atoms with E-state index in [0.29, 0.717) is 5.92 Å². The highest BCUT2D eigenvalue weighted by Crippen LogP contribution is 2.39. The van der Waals surface area contributed by atoms with E-state index in [2.05, 4.69) is 100.0 Å². The monoisotopic (exact) mass is 360 g/mol. The van der Waals surface area contributed by atoms with Crippen LogP contribution >= 0.6 is 0 Å². The molecule has 2 aromatic carbocycles. The summed E-state index contributed by atoms with van der Waals surface area (Å²) in [4.78, 5) is 7.19. The third-order valence-electron chi connectivity index (χ3n) is 5.37. The lowest BCUT2D eigenvalue weighted by atomic mass is 9.88. The molecule has 0 fully saturated rings. The maximum absolute atomic E-state index is 4.68. The Bertz CT molecular complexity index is 854. The first kappa shape index (κ1) is 19.4. The zero-order valence-electron chi connectivity index (χ0n) is 17.6. The molecule has 0 spiro atoms. The van der Waals surface area contributed by atoms with Crippen LogP contribution in [0.2, 0.25) is 0 Å². The largest absolute Gasteiger partial charge is 0.362 e. The zero-order valence-corrected chi connectivity index (χ0v) is 17.6. The Kier molecular flexibility index (Phi) is 5.55. The second-order valence-corrected chi connectivity index (χ2v) is 8.41. The fraction of sp³-hybridized carbons (Fsp3) is 0.400. The second kappa shape index (κ2) is 7.72. The van der Waals surface area contributed by atoms with Crippen molar-refractivity contribution in [2.24, 2.45) is 4.99 Å². The molecular weight excluding hydrogens is 328 g/mol. The van der Waals surface area contributed by atoms with E-state index in [-0.39, 0.29) is 5.54 Å². The molecule has 1 aliphatic rings. The first-order chi connectivity index (χ1) is 12.8. The summed E-state index contributed by atoms with van der Waals surface area (Å²) in [6.45, 7) is 14.5. The van der Waals surface area contributed by atoms with E-state index in [4.69, 9.17) is 0 Å². The smallest absolute Gasteiger partial charge is 0.0630 e. The third-order valence-corrected chi connectivity index (χ3v) is 5.37. The lowest BCUT2D eigenvalue weighted by molar-refractivity contribution is 0.550. The quantitative estimate of drug-likeness (QED) is 0.526. The van der Waals surface area contributed by atoms with Crippen molar-refractivity contribution in [2.45, 2.75) is 59.4 Å². The zero-order chi connectivity index (χ0) is 19.6.